The Morgan fingerprint density at radius 3 is 2.30 bits per heavy atom. The Bertz CT molecular complexity index is 173. The molecule has 0 bridgehead atoms. The minimum atomic E-state index is -1.16. The maximum atomic E-state index is 9.87. The van der Waals surface area contributed by atoms with Crippen LogP contribution in [0.15, 0.2) is 0 Å². The van der Waals surface area contributed by atoms with E-state index < -0.39 is 12.1 Å². The number of hydrogen-bond acceptors (Lipinski definition) is 2. The van der Waals surface area contributed by atoms with E-state index in [-0.39, 0.29) is 5.92 Å². The Labute approximate surface area is 59.7 Å². The number of hydrogen-bond donors (Lipinski definition) is 2. The van der Waals surface area contributed by atoms with Crippen molar-refractivity contribution in [1.82, 2.24) is 0 Å². The topological polar surface area (TPSA) is 57.5 Å². The van der Waals surface area contributed by atoms with Crippen LogP contribution < -0.4 is 0 Å². The molecule has 0 rings (SSSR count). The lowest BCUT2D eigenvalue weighted by molar-refractivity contribution is -0.130. The highest BCUT2D eigenvalue weighted by atomic mass is 16.4. The van der Waals surface area contributed by atoms with Gasteiger partial charge in [-0.25, -0.2) is 4.79 Å². The first-order chi connectivity index (χ1) is 4.54. The monoisotopic (exact) mass is 142 g/mol. The molecule has 0 spiro atoms. The van der Waals surface area contributed by atoms with Crippen LogP contribution in [-0.2, 0) is 4.79 Å². The minimum Gasteiger partial charge on any atom is -0.472 e. The van der Waals surface area contributed by atoms with E-state index in [2.05, 4.69) is 5.92 Å². The molecule has 0 amide bonds. The van der Waals surface area contributed by atoms with Crippen molar-refractivity contribution in [2.75, 3.05) is 0 Å². The molecule has 0 aromatic rings. The van der Waals surface area contributed by atoms with Gasteiger partial charge < -0.3 is 10.2 Å². The van der Waals surface area contributed by atoms with Gasteiger partial charge in [0.05, 0.1) is 6.10 Å². The summed E-state index contributed by atoms with van der Waals surface area (Å²) in [6, 6.07) is 0. The largest absolute Gasteiger partial charge is 0.472 e. The molecule has 10 heavy (non-hydrogen) atoms. The molecule has 0 aromatic carbocycles. The lowest BCUT2D eigenvalue weighted by atomic mass is 10.1. The van der Waals surface area contributed by atoms with Crippen molar-refractivity contribution in [3.63, 3.8) is 0 Å². The zero-order valence-corrected chi connectivity index (χ0v) is 5.96. The number of aliphatic hydroxyl groups is 1. The van der Waals surface area contributed by atoms with Crippen molar-refractivity contribution in [1.29, 1.82) is 0 Å². The van der Waals surface area contributed by atoms with Crippen LogP contribution in [0.3, 0.4) is 0 Å². The molecule has 2 unspecified atom stereocenters. The molecule has 3 nitrogen and oxygen atoms in total. The van der Waals surface area contributed by atoms with Gasteiger partial charge in [-0.3, -0.25) is 0 Å². The highest BCUT2D eigenvalue weighted by molar-refractivity contribution is 5.86. The van der Waals surface area contributed by atoms with Gasteiger partial charge in [-0.1, -0.05) is 5.92 Å². The summed E-state index contributed by atoms with van der Waals surface area (Å²) < 4.78 is 0. The number of carboxylic acid groups (broad SMARTS) is 1. The molecule has 0 aliphatic heterocycles. The van der Waals surface area contributed by atoms with Gasteiger partial charge in [-0.15, -0.1) is 0 Å². The van der Waals surface area contributed by atoms with Crippen LogP contribution in [0.2, 0.25) is 0 Å². The van der Waals surface area contributed by atoms with Crippen LogP contribution in [0.4, 0.5) is 0 Å². The van der Waals surface area contributed by atoms with Gasteiger partial charge in [-0.2, -0.15) is 0 Å². The van der Waals surface area contributed by atoms with Crippen molar-refractivity contribution in [3.05, 3.63) is 0 Å². The van der Waals surface area contributed by atoms with Gasteiger partial charge in [0.2, 0.25) is 0 Å². The second-order valence-electron chi connectivity index (χ2n) is 2.10. The van der Waals surface area contributed by atoms with Crippen molar-refractivity contribution >= 4 is 5.97 Å². The maximum Gasteiger partial charge on any atom is 0.381 e. The molecule has 3 heteroatoms. The third-order valence-electron chi connectivity index (χ3n) is 1.13. The fraction of sp³-hybridized carbons (Fsp3) is 0.571. The average molecular weight is 142 g/mol. The number of aliphatic carboxylic acids is 1. The standard InChI is InChI=1S/C7H10O3/c1-5(6(2)8)3-4-7(9)10/h5-6,8H,1-2H3,(H,9,10). The summed E-state index contributed by atoms with van der Waals surface area (Å²) in [5.74, 6) is 2.87. The summed E-state index contributed by atoms with van der Waals surface area (Å²) in [6.07, 6.45) is -0.577. The molecule has 0 radical (unpaired) electrons. The maximum absolute atomic E-state index is 9.87. The first-order valence-corrected chi connectivity index (χ1v) is 2.96. The van der Waals surface area contributed by atoms with Gasteiger partial charge in [-0.05, 0) is 13.8 Å². The lowest BCUT2D eigenvalue weighted by Gasteiger charge is -2.04. The van der Waals surface area contributed by atoms with E-state index in [0.29, 0.717) is 0 Å². The predicted molar refractivity (Wildman–Crippen MR) is 36.3 cm³/mol. The van der Waals surface area contributed by atoms with Crippen molar-refractivity contribution in [3.8, 4) is 11.8 Å². The number of rotatable bonds is 1. The van der Waals surface area contributed by atoms with Crippen molar-refractivity contribution in [2.24, 2.45) is 5.92 Å². The Hall–Kier alpha value is -1.01. The van der Waals surface area contributed by atoms with Crippen LogP contribution in [0.1, 0.15) is 13.8 Å². The van der Waals surface area contributed by atoms with Crippen molar-refractivity contribution < 1.29 is 15.0 Å². The highest BCUT2D eigenvalue weighted by Crippen LogP contribution is 1.98. The second-order valence-corrected chi connectivity index (χ2v) is 2.10. The number of carbonyl (C=O) groups is 1. The zero-order chi connectivity index (χ0) is 8.15. The van der Waals surface area contributed by atoms with E-state index >= 15 is 0 Å². The number of aliphatic hydroxyl groups excluding tert-OH is 1. The SMILES string of the molecule is CC(O)C(C)C#CC(=O)O. The van der Waals surface area contributed by atoms with Gasteiger partial charge in [0.15, 0.2) is 0 Å². The molecule has 0 aliphatic carbocycles. The predicted octanol–water partition coefficient (Wildman–Crippen LogP) is 0.0913. The summed E-state index contributed by atoms with van der Waals surface area (Å²) in [4.78, 5) is 9.87. The van der Waals surface area contributed by atoms with E-state index in [1.807, 2.05) is 5.92 Å². The molecule has 0 aliphatic rings. The Morgan fingerprint density at radius 1 is 1.50 bits per heavy atom. The fourth-order valence-electron chi connectivity index (χ4n) is 0.296. The minimum absolute atomic E-state index is 0.281. The lowest BCUT2D eigenvalue weighted by Crippen LogP contribution is -2.10. The van der Waals surface area contributed by atoms with E-state index in [1.54, 1.807) is 13.8 Å². The van der Waals surface area contributed by atoms with Crippen LogP contribution in [0.25, 0.3) is 0 Å². The molecule has 0 heterocycles. The number of carboxylic acids is 1. The van der Waals surface area contributed by atoms with Crippen LogP contribution in [0.5, 0.6) is 0 Å². The Kier molecular flexibility index (Phi) is 3.52. The molecule has 0 saturated carbocycles. The van der Waals surface area contributed by atoms with Gasteiger partial charge in [0, 0.05) is 11.8 Å². The van der Waals surface area contributed by atoms with Crippen LogP contribution in [-0.4, -0.2) is 22.3 Å². The van der Waals surface area contributed by atoms with Gasteiger partial charge in [0.25, 0.3) is 0 Å². The molecule has 56 valence electrons. The van der Waals surface area contributed by atoms with Crippen LogP contribution >= 0.6 is 0 Å². The highest BCUT2D eigenvalue weighted by Gasteiger charge is 2.03. The smallest absolute Gasteiger partial charge is 0.381 e. The van der Waals surface area contributed by atoms with E-state index in [9.17, 15) is 4.79 Å². The third-order valence-corrected chi connectivity index (χ3v) is 1.13. The molecule has 2 N–H and O–H groups in total. The summed E-state index contributed by atoms with van der Waals surface area (Å²) in [7, 11) is 0. The van der Waals surface area contributed by atoms with E-state index in [1.165, 1.54) is 0 Å². The summed E-state index contributed by atoms with van der Waals surface area (Å²) in [5, 5.41) is 16.9. The first kappa shape index (κ1) is 8.99. The molecule has 0 aromatic heterocycles. The summed E-state index contributed by atoms with van der Waals surface area (Å²) >= 11 is 0. The molecule has 0 saturated heterocycles. The van der Waals surface area contributed by atoms with Crippen molar-refractivity contribution in [2.45, 2.75) is 20.0 Å². The Morgan fingerprint density at radius 2 is 2.00 bits per heavy atom. The fourth-order valence-corrected chi connectivity index (χ4v) is 0.296. The summed E-state index contributed by atoms with van der Waals surface area (Å²) in [5.41, 5.74) is 0. The molecule has 2 atom stereocenters. The quantitative estimate of drug-likeness (QED) is 0.510. The van der Waals surface area contributed by atoms with Gasteiger partial charge >= 0.3 is 5.97 Å². The zero-order valence-electron chi connectivity index (χ0n) is 5.96. The normalized spacial score (nSPS) is 14.7. The summed E-state index contributed by atoms with van der Waals surface area (Å²) in [6.45, 7) is 3.24. The average Bonchev–Trinajstić information content (AvgIpc) is 1.82. The Balaban J connectivity index is 3.92. The van der Waals surface area contributed by atoms with E-state index in [0.717, 1.165) is 0 Å². The molecular weight excluding hydrogens is 132 g/mol. The molecule has 0 fully saturated rings. The third kappa shape index (κ3) is 3.93. The first-order valence-electron chi connectivity index (χ1n) is 2.96. The van der Waals surface area contributed by atoms with E-state index in [4.69, 9.17) is 10.2 Å². The molecular formula is C7H10O3. The van der Waals surface area contributed by atoms with Gasteiger partial charge in [0.1, 0.15) is 0 Å². The second kappa shape index (κ2) is 3.91. The van der Waals surface area contributed by atoms with Crippen LogP contribution in [0, 0.1) is 17.8 Å².